The number of aryl methyl sites for hydroxylation is 2. The molecule has 6 heteroatoms. The van der Waals surface area contributed by atoms with E-state index < -0.39 is 0 Å². The quantitative estimate of drug-likeness (QED) is 0.119. The average molecular weight is 629 g/mol. The zero-order valence-corrected chi connectivity index (χ0v) is 27.3. The summed E-state index contributed by atoms with van der Waals surface area (Å²) in [5, 5.41) is 5.13. The Balaban J connectivity index is 0.871. The standard InChI is InChI=1S/C42H40N6/c1(3-5-11-27-47-37-19-9-7-17-33(37)35-21-25-45-39(41(35)47)31-15-13-23-43-29-31)2-4-6-12-28-48-38-20-10-8-18-34(38)36-22-26-46-40(42(36)48)32-16-14-24-44-30-32/h7-10,13-26,29-30H,1-6,11-12,27-28H2. The van der Waals surface area contributed by atoms with E-state index in [0.29, 0.717) is 0 Å². The highest BCUT2D eigenvalue weighted by Gasteiger charge is 2.17. The lowest BCUT2D eigenvalue weighted by Gasteiger charge is -2.11. The molecule has 0 aliphatic heterocycles. The topological polar surface area (TPSA) is 61.4 Å². The number of fused-ring (bicyclic) bond motifs is 6. The minimum Gasteiger partial charge on any atom is -0.339 e. The van der Waals surface area contributed by atoms with Gasteiger partial charge in [0.1, 0.15) is 0 Å². The number of hydrogen-bond donors (Lipinski definition) is 0. The fourth-order valence-electron chi connectivity index (χ4n) is 7.50. The van der Waals surface area contributed by atoms with E-state index in [-0.39, 0.29) is 0 Å². The third-order valence-corrected chi connectivity index (χ3v) is 9.74. The summed E-state index contributed by atoms with van der Waals surface area (Å²) in [7, 11) is 0. The second-order valence-electron chi connectivity index (χ2n) is 12.8. The van der Waals surface area contributed by atoms with Gasteiger partial charge in [0, 0.05) is 94.0 Å². The van der Waals surface area contributed by atoms with Gasteiger partial charge < -0.3 is 9.13 Å². The van der Waals surface area contributed by atoms with Crippen LogP contribution in [0.25, 0.3) is 66.1 Å². The SMILES string of the molecule is c1cncc(-c2nccc3c4ccccc4n(CCCCCCCCCCn4c5ccccc5c5ccnc(-c6cccnc6)c54)c23)c1. The van der Waals surface area contributed by atoms with E-state index >= 15 is 0 Å². The fourth-order valence-corrected chi connectivity index (χ4v) is 7.50. The molecule has 238 valence electrons. The van der Waals surface area contributed by atoms with Crippen molar-refractivity contribution >= 4 is 43.6 Å². The predicted molar refractivity (Wildman–Crippen MR) is 198 cm³/mol. The Bertz CT molecular complexity index is 2140. The number of benzene rings is 2. The Morgan fingerprint density at radius 1 is 0.396 bits per heavy atom. The number of para-hydroxylation sites is 2. The molecule has 0 saturated heterocycles. The van der Waals surface area contributed by atoms with Crippen LogP contribution in [0.3, 0.4) is 0 Å². The highest BCUT2D eigenvalue weighted by atomic mass is 15.0. The molecule has 0 radical (unpaired) electrons. The van der Waals surface area contributed by atoms with E-state index in [1.54, 1.807) is 0 Å². The van der Waals surface area contributed by atoms with Crippen molar-refractivity contribution in [1.82, 2.24) is 29.1 Å². The van der Waals surface area contributed by atoms with Crippen molar-refractivity contribution in [2.45, 2.75) is 64.5 Å². The summed E-state index contributed by atoms with van der Waals surface area (Å²) < 4.78 is 4.98. The third-order valence-electron chi connectivity index (χ3n) is 9.74. The second-order valence-corrected chi connectivity index (χ2v) is 12.8. The summed E-state index contributed by atoms with van der Waals surface area (Å²) in [5.74, 6) is 0. The Kier molecular flexibility index (Phi) is 8.61. The lowest BCUT2D eigenvalue weighted by Crippen LogP contribution is -2.00. The van der Waals surface area contributed by atoms with Gasteiger partial charge in [0.15, 0.2) is 0 Å². The van der Waals surface area contributed by atoms with Crippen LogP contribution < -0.4 is 0 Å². The molecule has 0 amide bonds. The monoisotopic (exact) mass is 628 g/mol. The molecule has 2 aromatic carbocycles. The largest absolute Gasteiger partial charge is 0.339 e. The number of hydrogen-bond acceptors (Lipinski definition) is 4. The van der Waals surface area contributed by atoms with E-state index in [1.165, 1.54) is 82.1 Å². The number of aromatic nitrogens is 6. The molecule has 8 rings (SSSR count). The summed E-state index contributed by atoms with van der Waals surface area (Å²) in [5.41, 5.74) is 9.18. The normalized spacial score (nSPS) is 11.8. The molecule has 0 bridgehead atoms. The van der Waals surface area contributed by atoms with Crippen LogP contribution in [0.15, 0.2) is 122 Å². The van der Waals surface area contributed by atoms with Crippen molar-refractivity contribution in [2.75, 3.05) is 0 Å². The van der Waals surface area contributed by atoms with Crippen LogP contribution in [-0.4, -0.2) is 29.1 Å². The minimum atomic E-state index is 0.998. The number of unbranched alkanes of at least 4 members (excludes halogenated alkanes) is 7. The minimum absolute atomic E-state index is 0.998. The molecular formula is C42H40N6. The first kappa shape index (κ1) is 30.0. The third kappa shape index (κ3) is 5.72. The van der Waals surface area contributed by atoms with Gasteiger partial charge in [-0.2, -0.15) is 0 Å². The van der Waals surface area contributed by atoms with Crippen molar-refractivity contribution in [3.63, 3.8) is 0 Å². The zero-order chi connectivity index (χ0) is 32.1. The van der Waals surface area contributed by atoms with Crippen LogP contribution in [0.5, 0.6) is 0 Å². The maximum absolute atomic E-state index is 4.82. The van der Waals surface area contributed by atoms with E-state index in [9.17, 15) is 0 Å². The summed E-state index contributed by atoms with van der Waals surface area (Å²) in [6.45, 7) is 2.00. The van der Waals surface area contributed by atoms with Crippen molar-refractivity contribution < 1.29 is 0 Å². The maximum atomic E-state index is 4.82. The van der Waals surface area contributed by atoms with Gasteiger partial charge in [0.2, 0.25) is 0 Å². The van der Waals surface area contributed by atoms with Gasteiger partial charge >= 0.3 is 0 Å². The molecular weight excluding hydrogens is 589 g/mol. The highest BCUT2D eigenvalue weighted by molar-refractivity contribution is 6.12. The first-order valence-corrected chi connectivity index (χ1v) is 17.4. The number of nitrogens with zero attached hydrogens (tertiary/aromatic N) is 6. The van der Waals surface area contributed by atoms with Gasteiger partial charge in [0.25, 0.3) is 0 Å². The Morgan fingerprint density at radius 3 is 1.27 bits per heavy atom. The summed E-state index contributed by atoms with van der Waals surface area (Å²) in [4.78, 5) is 18.4. The molecule has 0 atom stereocenters. The van der Waals surface area contributed by atoms with Crippen molar-refractivity contribution in [3.05, 3.63) is 122 Å². The van der Waals surface area contributed by atoms with Crippen LogP contribution in [0.4, 0.5) is 0 Å². The molecule has 0 aliphatic rings. The van der Waals surface area contributed by atoms with Crippen LogP contribution >= 0.6 is 0 Å². The van der Waals surface area contributed by atoms with Gasteiger partial charge in [-0.25, -0.2) is 0 Å². The Morgan fingerprint density at radius 2 is 0.833 bits per heavy atom. The molecule has 48 heavy (non-hydrogen) atoms. The Hall–Kier alpha value is -5.36. The first-order valence-electron chi connectivity index (χ1n) is 17.4. The van der Waals surface area contributed by atoms with Gasteiger partial charge in [-0.3, -0.25) is 19.9 Å². The van der Waals surface area contributed by atoms with Crippen LogP contribution in [-0.2, 0) is 13.1 Å². The molecule has 6 nitrogen and oxygen atoms in total. The molecule has 0 unspecified atom stereocenters. The summed E-state index contributed by atoms with van der Waals surface area (Å²) in [6, 6.07) is 30.0. The molecule has 8 aromatic rings. The molecule has 0 saturated carbocycles. The first-order chi connectivity index (χ1) is 23.9. The number of rotatable bonds is 13. The lowest BCUT2D eigenvalue weighted by atomic mass is 10.1. The molecule has 0 aliphatic carbocycles. The molecule has 0 spiro atoms. The van der Waals surface area contributed by atoms with Crippen LogP contribution in [0.2, 0.25) is 0 Å². The van der Waals surface area contributed by atoms with Crippen LogP contribution in [0.1, 0.15) is 51.4 Å². The second kappa shape index (κ2) is 13.8. The predicted octanol–water partition coefficient (Wildman–Crippen LogP) is 10.6. The van der Waals surface area contributed by atoms with Gasteiger partial charge in [0.05, 0.1) is 22.4 Å². The Labute approximate surface area is 281 Å². The van der Waals surface area contributed by atoms with Crippen molar-refractivity contribution in [3.8, 4) is 22.5 Å². The molecule has 0 fully saturated rings. The molecule has 6 heterocycles. The lowest BCUT2D eigenvalue weighted by molar-refractivity contribution is 0.536. The number of pyridine rings is 4. The maximum Gasteiger partial charge on any atom is 0.0960 e. The smallest absolute Gasteiger partial charge is 0.0960 e. The van der Waals surface area contributed by atoms with E-state index in [1.807, 2.05) is 49.3 Å². The van der Waals surface area contributed by atoms with Crippen molar-refractivity contribution in [2.24, 2.45) is 0 Å². The van der Waals surface area contributed by atoms with E-state index in [2.05, 4.69) is 91.9 Å². The highest BCUT2D eigenvalue weighted by Crippen LogP contribution is 2.36. The van der Waals surface area contributed by atoms with Gasteiger partial charge in [-0.1, -0.05) is 74.9 Å². The van der Waals surface area contributed by atoms with E-state index in [0.717, 1.165) is 48.4 Å². The van der Waals surface area contributed by atoms with Crippen LogP contribution in [0, 0.1) is 0 Å². The zero-order valence-electron chi connectivity index (χ0n) is 27.3. The van der Waals surface area contributed by atoms with Gasteiger partial charge in [-0.15, -0.1) is 0 Å². The fraction of sp³-hybridized carbons (Fsp3) is 0.238. The van der Waals surface area contributed by atoms with Crippen molar-refractivity contribution in [1.29, 1.82) is 0 Å². The summed E-state index contributed by atoms with van der Waals surface area (Å²) in [6.07, 6.45) is 21.3. The molecule has 0 N–H and O–H groups in total. The summed E-state index contributed by atoms with van der Waals surface area (Å²) >= 11 is 0. The van der Waals surface area contributed by atoms with Gasteiger partial charge in [-0.05, 0) is 61.4 Å². The van der Waals surface area contributed by atoms with E-state index in [4.69, 9.17) is 9.97 Å². The average Bonchev–Trinajstić information content (AvgIpc) is 3.65. The molecule has 6 aromatic heterocycles.